The number of carbonyl (C=O) groups is 1. The molecule has 1 fully saturated rings. The Morgan fingerprint density at radius 1 is 1.50 bits per heavy atom. The third kappa shape index (κ3) is 2.49. The summed E-state index contributed by atoms with van der Waals surface area (Å²) in [6, 6.07) is 0. The van der Waals surface area contributed by atoms with Crippen molar-refractivity contribution >= 4 is 5.91 Å². The molecule has 1 amide bonds. The second kappa shape index (κ2) is 4.47. The Balaban J connectivity index is 2.52. The summed E-state index contributed by atoms with van der Waals surface area (Å²) in [5.74, 6) is 5.70. The number of carbonyl (C=O) groups excluding carboxylic acids is 1. The third-order valence-corrected chi connectivity index (χ3v) is 2.60. The molecule has 3 nitrogen and oxygen atoms in total. The van der Waals surface area contributed by atoms with Crippen molar-refractivity contribution in [1.82, 2.24) is 4.90 Å². The highest BCUT2D eigenvalue weighted by atomic mass is 16.3. The summed E-state index contributed by atoms with van der Waals surface area (Å²) in [6.45, 7) is 4.83. The second-order valence-electron chi connectivity index (χ2n) is 3.64. The van der Waals surface area contributed by atoms with Gasteiger partial charge >= 0.3 is 0 Å². The second-order valence-corrected chi connectivity index (χ2v) is 3.64. The molecule has 3 heteroatoms. The molecule has 1 aliphatic heterocycles. The van der Waals surface area contributed by atoms with Crippen molar-refractivity contribution in [2.24, 2.45) is 0 Å². The number of likely N-dealkylation sites (tertiary alicyclic amines) is 1. The Hall–Kier alpha value is -1.01. The van der Waals surface area contributed by atoms with Gasteiger partial charge in [-0.1, -0.05) is 12.8 Å². The van der Waals surface area contributed by atoms with Crippen LogP contribution in [0.4, 0.5) is 0 Å². The molecule has 0 saturated carbocycles. The van der Waals surface area contributed by atoms with Gasteiger partial charge in [0.25, 0.3) is 0 Å². The van der Waals surface area contributed by atoms with Crippen molar-refractivity contribution in [2.45, 2.75) is 38.7 Å². The summed E-state index contributed by atoms with van der Waals surface area (Å²) in [5, 5.41) is 9.93. The smallest absolute Gasteiger partial charge is 0.222 e. The summed E-state index contributed by atoms with van der Waals surface area (Å²) >= 11 is 0. The van der Waals surface area contributed by atoms with Crippen molar-refractivity contribution in [2.75, 3.05) is 13.1 Å². The van der Waals surface area contributed by atoms with Crippen LogP contribution in [0.25, 0.3) is 0 Å². The minimum atomic E-state index is -0.862. The van der Waals surface area contributed by atoms with Crippen molar-refractivity contribution in [1.29, 1.82) is 0 Å². The van der Waals surface area contributed by atoms with Crippen LogP contribution < -0.4 is 0 Å². The zero-order chi connectivity index (χ0) is 10.6. The molecule has 1 N–H and O–H groups in total. The van der Waals surface area contributed by atoms with Crippen LogP contribution in [0.3, 0.4) is 0 Å². The predicted molar refractivity (Wildman–Crippen MR) is 54.5 cm³/mol. The van der Waals surface area contributed by atoms with Crippen LogP contribution in [0.5, 0.6) is 0 Å². The SMILES string of the molecule is CC#CC1(O)CCN(C(=O)CC)CC1. The topological polar surface area (TPSA) is 40.5 Å². The molecule has 0 aromatic carbocycles. The van der Waals surface area contributed by atoms with E-state index in [1.807, 2.05) is 6.92 Å². The van der Waals surface area contributed by atoms with Gasteiger partial charge in [-0.3, -0.25) is 4.79 Å². The first-order valence-corrected chi connectivity index (χ1v) is 5.05. The predicted octanol–water partition coefficient (Wildman–Crippen LogP) is 0.773. The molecule has 0 atom stereocenters. The summed E-state index contributed by atoms with van der Waals surface area (Å²) in [5.41, 5.74) is -0.862. The van der Waals surface area contributed by atoms with E-state index in [9.17, 15) is 9.90 Å². The Kier molecular flexibility index (Phi) is 3.54. The van der Waals surface area contributed by atoms with E-state index in [0.717, 1.165) is 0 Å². The molecule has 0 aliphatic carbocycles. The van der Waals surface area contributed by atoms with E-state index in [1.54, 1.807) is 11.8 Å². The molecule has 0 unspecified atom stereocenters. The van der Waals surface area contributed by atoms with Gasteiger partial charge in [0.15, 0.2) is 0 Å². The standard InChI is InChI=1S/C11H17NO2/c1-3-5-11(14)6-8-12(9-7-11)10(13)4-2/h14H,4,6-9H2,1-2H3. The van der Waals surface area contributed by atoms with E-state index in [2.05, 4.69) is 11.8 Å². The Labute approximate surface area is 85.1 Å². The highest BCUT2D eigenvalue weighted by Gasteiger charge is 2.31. The van der Waals surface area contributed by atoms with Gasteiger partial charge in [-0.25, -0.2) is 0 Å². The monoisotopic (exact) mass is 195 g/mol. The average Bonchev–Trinajstić information content (AvgIpc) is 2.18. The van der Waals surface area contributed by atoms with Crippen LogP contribution in [0.15, 0.2) is 0 Å². The molecule has 0 bridgehead atoms. The minimum absolute atomic E-state index is 0.163. The highest BCUT2D eigenvalue weighted by molar-refractivity contribution is 5.75. The maximum absolute atomic E-state index is 11.3. The Bertz CT molecular complexity index is 267. The van der Waals surface area contributed by atoms with Crippen LogP contribution in [-0.2, 0) is 4.79 Å². The molecular formula is C11H17NO2. The zero-order valence-corrected chi connectivity index (χ0v) is 8.84. The van der Waals surface area contributed by atoms with E-state index in [-0.39, 0.29) is 5.91 Å². The lowest BCUT2D eigenvalue weighted by Crippen LogP contribution is -2.45. The van der Waals surface area contributed by atoms with Gasteiger partial charge in [-0.05, 0) is 6.92 Å². The Morgan fingerprint density at radius 3 is 2.50 bits per heavy atom. The lowest BCUT2D eigenvalue weighted by atomic mass is 9.92. The number of piperidine rings is 1. The fraction of sp³-hybridized carbons (Fsp3) is 0.727. The first-order chi connectivity index (χ1) is 6.61. The van der Waals surface area contributed by atoms with Gasteiger partial charge in [0.1, 0.15) is 5.60 Å². The van der Waals surface area contributed by atoms with E-state index in [1.165, 1.54) is 0 Å². The molecule has 78 valence electrons. The number of amides is 1. The maximum Gasteiger partial charge on any atom is 0.222 e. The molecule has 1 aliphatic rings. The number of hydrogen-bond donors (Lipinski definition) is 1. The highest BCUT2D eigenvalue weighted by Crippen LogP contribution is 2.21. The van der Waals surface area contributed by atoms with Gasteiger partial charge in [0.2, 0.25) is 5.91 Å². The first-order valence-electron chi connectivity index (χ1n) is 5.05. The summed E-state index contributed by atoms with van der Waals surface area (Å²) in [4.78, 5) is 13.1. The summed E-state index contributed by atoms with van der Waals surface area (Å²) in [7, 11) is 0. The van der Waals surface area contributed by atoms with Crippen molar-refractivity contribution in [3.63, 3.8) is 0 Å². The molecule has 1 saturated heterocycles. The normalized spacial score (nSPS) is 19.8. The van der Waals surface area contributed by atoms with Crippen LogP contribution in [-0.4, -0.2) is 34.6 Å². The van der Waals surface area contributed by atoms with E-state index in [4.69, 9.17) is 0 Å². The quantitative estimate of drug-likeness (QED) is 0.628. The van der Waals surface area contributed by atoms with Gasteiger partial charge in [-0.2, -0.15) is 0 Å². The fourth-order valence-electron chi connectivity index (χ4n) is 1.71. The number of nitrogens with zero attached hydrogens (tertiary/aromatic N) is 1. The minimum Gasteiger partial charge on any atom is -0.377 e. The fourth-order valence-corrected chi connectivity index (χ4v) is 1.71. The molecule has 0 radical (unpaired) electrons. The zero-order valence-electron chi connectivity index (χ0n) is 8.84. The molecule has 0 aromatic rings. The number of hydrogen-bond acceptors (Lipinski definition) is 2. The molecule has 1 heterocycles. The van der Waals surface area contributed by atoms with Crippen LogP contribution in [0, 0.1) is 11.8 Å². The van der Waals surface area contributed by atoms with E-state index in [0.29, 0.717) is 32.4 Å². The van der Waals surface area contributed by atoms with Crippen molar-refractivity contribution in [3.8, 4) is 11.8 Å². The first kappa shape index (κ1) is 11.1. The number of aliphatic hydroxyl groups is 1. The van der Waals surface area contributed by atoms with Crippen LogP contribution in [0.2, 0.25) is 0 Å². The van der Waals surface area contributed by atoms with Crippen LogP contribution >= 0.6 is 0 Å². The van der Waals surface area contributed by atoms with E-state index < -0.39 is 5.60 Å². The van der Waals surface area contributed by atoms with Gasteiger partial charge in [0, 0.05) is 32.4 Å². The van der Waals surface area contributed by atoms with Gasteiger partial charge in [0.05, 0.1) is 0 Å². The van der Waals surface area contributed by atoms with Gasteiger partial charge < -0.3 is 10.0 Å². The van der Waals surface area contributed by atoms with Crippen LogP contribution in [0.1, 0.15) is 33.1 Å². The molecule has 1 rings (SSSR count). The van der Waals surface area contributed by atoms with Crippen molar-refractivity contribution in [3.05, 3.63) is 0 Å². The summed E-state index contributed by atoms with van der Waals surface area (Å²) in [6.07, 6.45) is 1.68. The summed E-state index contributed by atoms with van der Waals surface area (Å²) < 4.78 is 0. The third-order valence-electron chi connectivity index (χ3n) is 2.60. The lowest BCUT2D eigenvalue weighted by molar-refractivity contribution is -0.133. The molecule has 0 aromatic heterocycles. The van der Waals surface area contributed by atoms with E-state index >= 15 is 0 Å². The Morgan fingerprint density at radius 2 is 2.07 bits per heavy atom. The number of rotatable bonds is 1. The largest absolute Gasteiger partial charge is 0.377 e. The molecular weight excluding hydrogens is 178 g/mol. The van der Waals surface area contributed by atoms with Crippen molar-refractivity contribution < 1.29 is 9.90 Å². The molecule has 14 heavy (non-hydrogen) atoms. The lowest BCUT2D eigenvalue weighted by Gasteiger charge is -2.34. The molecule has 0 spiro atoms. The average molecular weight is 195 g/mol. The maximum atomic E-state index is 11.3. The van der Waals surface area contributed by atoms with Gasteiger partial charge in [-0.15, -0.1) is 5.92 Å².